The predicted octanol–water partition coefficient (Wildman–Crippen LogP) is 6.30. The summed E-state index contributed by atoms with van der Waals surface area (Å²) in [5.74, 6) is 1.92. The van der Waals surface area contributed by atoms with E-state index in [9.17, 15) is 9.59 Å². The molecule has 2 aromatic rings. The second-order valence-electron chi connectivity index (χ2n) is 11.2. The fraction of sp³-hybridized carbons (Fsp3) is 0.548. The van der Waals surface area contributed by atoms with Crippen molar-refractivity contribution < 1.29 is 19.8 Å². The Balaban J connectivity index is 0.00000178. The molecule has 5 rings (SSSR count). The number of hydrogen-bond donors (Lipinski definition) is 0. The largest absolute Gasteiger partial charge is 0.457 e. The highest BCUT2D eigenvalue weighted by Gasteiger charge is 2.24. The SMILES string of the molecule is CN(CC(=O)c1ccc2c(c1)Cc1cc(C(=O)CN(C)C3CCCCC3)ccc1O2)C1CCCCC1.Cl.Cl.O. The van der Waals surface area contributed by atoms with Crippen LogP contribution in [0, 0.1) is 0 Å². The molecule has 0 unspecified atom stereocenters. The molecule has 0 aromatic heterocycles. The minimum absolute atomic E-state index is 0. The number of likely N-dealkylation sites (N-methyl/N-ethyl adjacent to an activating group) is 2. The van der Waals surface area contributed by atoms with E-state index in [4.69, 9.17) is 4.74 Å². The molecule has 2 saturated carbocycles. The van der Waals surface area contributed by atoms with E-state index >= 15 is 0 Å². The van der Waals surface area contributed by atoms with E-state index in [2.05, 4.69) is 23.9 Å². The van der Waals surface area contributed by atoms with Crippen molar-refractivity contribution in [3.63, 3.8) is 0 Å². The number of fused-ring (bicyclic) bond motifs is 2. The molecule has 39 heavy (non-hydrogen) atoms. The molecule has 3 aliphatic rings. The lowest BCUT2D eigenvalue weighted by atomic mass is 9.93. The van der Waals surface area contributed by atoms with Crippen LogP contribution in [0.2, 0.25) is 0 Å². The molecule has 0 saturated heterocycles. The molecule has 8 heteroatoms. The molecule has 2 fully saturated rings. The second kappa shape index (κ2) is 15.2. The highest BCUT2D eigenvalue weighted by atomic mass is 35.5. The summed E-state index contributed by atoms with van der Waals surface area (Å²) in [7, 11) is 4.16. The van der Waals surface area contributed by atoms with Gasteiger partial charge in [0, 0.05) is 40.8 Å². The molecule has 0 amide bonds. The molecule has 2 aliphatic carbocycles. The quantitative estimate of drug-likeness (QED) is 0.293. The van der Waals surface area contributed by atoms with Crippen LogP contribution in [0.3, 0.4) is 0 Å². The first-order chi connectivity index (χ1) is 17.5. The molecular weight excluding hydrogens is 535 g/mol. The van der Waals surface area contributed by atoms with E-state index in [1.165, 1.54) is 64.2 Å². The zero-order valence-electron chi connectivity index (χ0n) is 23.2. The Morgan fingerprint density at radius 1 is 0.692 bits per heavy atom. The van der Waals surface area contributed by atoms with Crippen LogP contribution in [0.4, 0.5) is 0 Å². The number of carbonyl (C=O) groups is 2. The summed E-state index contributed by atoms with van der Waals surface area (Å²) >= 11 is 0. The number of benzene rings is 2. The summed E-state index contributed by atoms with van der Waals surface area (Å²) in [5.41, 5.74) is 3.50. The van der Waals surface area contributed by atoms with E-state index in [0.717, 1.165) is 33.8 Å². The Hall–Kier alpha value is -1.96. The average molecular weight is 580 g/mol. The van der Waals surface area contributed by atoms with Gasteiger partial charge in [0.2, 0.25) is 0 Å². The van der Waals surface area contributed by atoms with Gasteiger partial charge in [0.1, 0.15) is 11.5 Å². The van der Waals surface area contributed by atoms with Gasteiger partial charge in [-0.3, -0.25) is 19.4 Å². The minimum atomic E-state index is 0. The van der Waals surface area contributed by atoms with Crippen molar-refractivity contribution in [3.05, 3.63) is 58.7 Å². The lowest BCUT2D eigenvalue weighted by Gasteiger charge is -2.30. The fourth-order valence-corrected chi connectivity index (χ4v) is 6.24. The second-order valence-corrected chi connectivity index (χ2v) is 11.2. The fourth-order valence-electron chi connectivity index (χ4n) is 6.24. The maximum atomic E-state index is 13.1. The van der Waals surface area contributed by atoms with Crippen LogP contribution in [-0.2, 0) is 6.42 Å². The summed E-state index contributed by atoms with van der Waals surface area (Å²) in [5, 5.41) is 0. The van der Waals surface area contributed by atoms with Gasteiger partial charge in [-0.1, -0.05) is 38.5 Å². The van der Waals surface area contributed by atoms with Crippen LogP contribution in [-0.4, -0.2) is 66.1 Å². The number of ether oxygens (including phenoxy) is 1. The van der Waals surface area contributed by atoms with Gasteiger partial charge in [-0.05, 0) is 76.2 Å². The van der Waals surface area contributed by atoms with Gasteiger partial charge >= 0.3 is 0 Å². The maximum absolute atomic E-state index is 13.1. The first-order valence-corrected chi connectivity index (χ1v) is 13.9. The van der Waals surface area contributed by atoms with Gasteiger partial charge in [0.25, 0.3) is 0 Å². The lowest BCUT2D eigenvalue weighted by Crippen LogP contribution is -2.37. The van der Waals surface area contributed by atoms with Crippen molar-refractivity contribution in [2.24, 2.45) is 0 Å². The number of nitrogens with zero attached hydrogens (tertiary/aromatic N) is 2. The third-order valence-electron chi connectivity index (χ3n) is 8.55. The Morgan fingerprint density at radius 2 is 1.08 bits per heavy atom. The Labute approximate surface area is 245 Å². The number of ketones is 2. The number of halogens is 2. The Kier molecular flexibility index (Phi) is 12.9. The summed E-state index contributed by atoms with van der Waals surface area (Å²) in [6.07, 6.45) is 13.1. The summed E-state index contributed by atoms with van der Waals surface area (Å²) in [4.78, 5) is 30.6. The lowest BCUT2D eigenvalue weighted by molar-refractivity contribution is 0.0892. The molecule has 1 aliphatic heterocycles. The molecule has 0 spiro atoms. The van der Waals surface area contributed by atoms with Crippen molar-refractivity contribution in [2.45, 2.75) is 82.7 Å². The molecule has 0 bridgehead atoms. The summed E-state index contributed by atoms with van der Waals surface area (Å²) in [6.45, 7) is 0.905. The van der Waals surface area contributed by atoms with E-state index in [1.54, 1.807) is 0 Å². The highest BCUT2D eigenvalue weighted by Crippen LogP contribution is 2.37. The summed E-state index contributed by atoms with van der Waals surface area (Å²) < 4.78 is 6.16. The van der Waals surface area contributed by atoms with E-state index < -0.39 is 0 Å². The molecule has 0 atom stereocenters. The zero-order valence-corrected chi connectivity index (χ0v) is 24.9. The average Bonchev–Trinajstić information content (AvgIpc) is 2.92. The Morgan fingerprint density at radius 3 is 1.46 bits per heavy atom. The van der Waals surface area contributed by atoms with Crippen molar-refractivity contribution in [2.75, 3.05) is 27.2 Å². The van der Waals surface area contributed by atoms with Crippen molar-refractivity contribution >= 4 is 36.4 Å². The first kappa shape index (κ1) is 33.2. The molecule has 2 N–H and O–H groups in total. The van der Waals surface area contributed by atoms with Crippen LogP contribution in [0.1, 0.15) is 96.1 Å². The summed E-state index contributed by atoms with van der Waals surface area (Å²) in [6, 6.07) is 12.6. The number of rotatable bonds is 8. The third kappa shape index (κ3) is 8.05. The zero-order chi connectivity index (χ0) is 25.1. The van der Waals surface area contributed by atoms with Crippen molar-refractivity contribution in [1.29, 1.82) is 0 Å². The van der Waals surface area contributed by atoms with Gasteiger partial charge in [-0.2, -0.15) is 0 Å². The molecule has 6 nitrogen and oxygen atoms in total. The van der Waals surface area contributed by atoms with E-state index in [-0.39, 0.29) is 41.9 Å². The first-order valence-electron chi connectivity index (χ1n) is 13.9. The Bertz CT molecular complexity index is 1030. The van der Waals surface area contributed by atoms with Crippen LogP contribution in [0.25, 0.3) is 0 Å². The van der Waals surface area contributed by atoms with Gasteiger partial charge in [0.05, 0.1) is 13.1 Å². The number of Topliss-reactive ketones (excluding diaryl/α,β-unsaturated/α-hetero) is 2. The molecular formula is C31H44Cl2N2O4. The third-order valence-corrected chi connectivity index (χ3v) is 8.55. The molecule has 0 radical (unpaired) electrons. The molecule has 216 valence electrons. The predicted molar refractivity (Wildman–Crippen MR) is 162 cm³/mol. The normalized spacial score (nSPS) is 17.1. The van der Waals surface area contributed by atoms with Gasteiger partial charge in [-0.25, -0.2) is 0 Å². The standard InChI is InChI=1S/C31H40N2O3.2ClH.H2O/c1-32(26-9-5-3-6-10-26)20-28(34)22-13-15-30-24(17-22)19-25-18-23(14-16-31(25)36-30)29(35)21-33(2)27-11-7-4-8-12-27;;;/h13-18,26-27H,3-12,19-21H2,1-2H3;2*1H;1H2. The smallest absolute Gasteiger partial charge is 0.176 e. The van der Waals surface area contributed by atoms with Crippen molar-refractivity contribution in [3.8, 4) is 11.5 Å². The van der Waals surface area contributed by atoms with E-state index in [0.29, 0.717) is 31.6 Å². The van der Waals surface area contributed by atoms with Crippen LogP contribution >= 0.6 is 24.8 Å². The van der Waals surface area contributed by atoms with Crippen LogP contribution in [0.5, 0.6) is 11.5 Å². The van der Waals surface area contributed by atoms with Crippen LogP contribution < -0.4 is 4.74 Å². The number of carbonyl (C=O) groups excluding carboxylic acids is 2. The molecule has 1 heterocycles. The highest BCUT2D eigenvalue weighted by molar-refractivity contribution is 5.99. The van der Waals surface area contributed by atoms with Gasteiger partial charge in [0.15, 0.2) is 11.6 Å². The van der Waals surface area contributed by atoms with Crippen LogP contribution in [0.15, 0.2) is 36.4 Å². The minimum Gasteiger partial charge on any atom is -0.457 e. The van der Waals surface area contributed by atoms with Crippen molar-refractivity contribution in [1.82, 2.24) is 9.80 Å². The van der Waals surface area contributed by atoms with Gasteiger partial charge in [-0.15, -0.1) is 24.8 Å². The maximum Gasteiger partial charge on any atom is 0.176 e. The van der Waals surface area contributed by atoms with E-state index in [1.807, 2.05) is 36.4 Å². The number of hydrogen-bond acceptors (Lipinski definition) is 5. The molecule has 2 aromatic carbocycles. The van der Waals surface area contributed by atoms with Gasteiger partial charge < -0.3 is 10.2 Å². The monoisotopic (exact) mass is 578 g/mol. The topological polar surface area (TPSA) is 81.4 Å².